The number of nitrogens with one attached hydrogen (secondary N) is 2. The zero-order valence-corrected chi connectivity index (χ0v) is 10.4. The Balaban J connectivity index is 2.02. The number of aromatic nitrogens is 2. The van der Waals surface area contributed by atoms with E-state index in [9.17, 15) is 19.2 Å². The highest BCUT2D eigenvalue weighted by Crippen LogP contribution is 2.13. The van der Waals surface area contributed by atoms with Crippen LogP contribution in [0.1, 0.15) is 0 Å². The molecule has 0 bridgehead atoms. The Hall–Kier alpha value is -2.42. The van der Waals surface area contributed by atoms with Gasteiger partial charge in [0.05, 0.1) is 19.3 Å². The third kappa shape index (κ3) is 3.12. The molecule has 2 unspecified atom stereocenters. The molecule has 1 amide bonds. The lowest BCUT2D eigenvalue weighted by Gasteiger charge is -2.15. The molecule has 1 aromatic rings. The summed E-state index contributed by atoms with van der Waals surface area (Å²) in [5.41, 5.74) is -1.04. The number of carbonyl (C=O) groups is 2. The van der Waals surface area contributed by atoms with Gasteiger partial charge in [0, 0.05) is 12.1 Å². The molecule has 0 aromatic carbocycles. The number of carboxylic acid groups (broad SMARTS) is 1. The molecule has 20 heavy (non-hydrogen) atoms. The second-order valence-electron chi connectivity index (χ2n) is 4.39. The van der Waals surface area contributed by atoms with Gasteiger partial charge in [-0.25, -0.2) is 4.68 Å². The SMILES string of the molecule is O=C(Cn1[nH]c(=O)ccc1=O)NC1COCC1C(=O)O. The molecule has 2 rings (SSSR count). The quantitative estimate of drug-likeness (QED) is 0.572. The summed E-state index contributed by atoms with van der Waals surface area (Å²) in [6.07, 6.45) is 0. The Morgan fingerprint density at radius 3 is 2.85 bits per heavy atom. The average Bonchev–Trinajstić information content (AvgIpc) is 2.82. The van der Waals surface area contributed by atoms with Crippen molar-refractivity contribution in [3.05, 3.63) is 32.8 Å². The summed E-state index contributed by atoms with van der Waals surface area (Å²) in [5, 5.41) is 13.6. The van der Waals surface area contributed by atoms with E-state index in [1.807, 2.05) is 0 Å². The molecule has 1 aromatic heterocycles. The van der Waals surface area contributed by atoms with E-state index < -0.39 is 41.5 Å². The molecule has 1 aliphatic heterocycles. The first-order valence-corrected chi connectivity index (χ1v) is 5.87. The van der Waals surface area contributed by atoms with Crippen molar-refractivity contribution in [1.29, 1.82) is 0 Å². The van der Waals surface area contributed by atoms with E-state index in [2.05, 4.69) is 10.4 Å². The van der Waals surface area contributed by atoms with Gasteiger partial charge < -0.3 is 15.2 Å². The molecule has 1 saturated heterocycles. The minimum atomic E-state index is -1.06. The number of aliphatic carboxylic acids is 1. The topological polar surface area (TPSA) is 130 Å². The van der Waals surface area contributed by atoms with E-state index in [0.29, 0.717) is 0 Å². The normalized spacial score (nSPS) is 21.6. The monoisotopic (exact) mass is 283 g/mol. The molecule has 0 radical (unpaired) electrons. The maximum absolute atomic E-state index is 11.8. The minimum absolute atomic E-state index is 0.0302. The van der Waals surface area contributed by atoms with Crippen LogP contribution in [0.3, 0.4) is 0 Å². The zero-order valence-electron chi connectivity index (χ0n) is 10.4. The third-order valence-corrected chi connectivity index (χ3v) is 2.93. The van der Waals surface area contributed by atoms with Crippen molar-refractivity contribution >= 4 is 11.9 Å². The van der Waals surface area contributed by atoms with Gasteiger partial charge in [0.25, 0.3) is 11.1 Å². The first kappa shape index (κ1) is 14.0. The van der Waals surface area contributed by atoms with Crippen molar-refractivity contribution in [1.82, 2.24) is 15.1 Å². The van der Waals surface area contributed by atoms with Crippen LogP contribution in [0.25, 0.3) is 0 Å². The number of hydrogen-bond donors (Lipinski definition) is 3. The van der Waals surface area contributed by atoms with Crippen LogP contribution < -0.4 is 16.4 Å². The van der Waals surface area contributed by atoms with Crippen molar-refractivity contribution in [2.75, 3.05) is 13.2 Å². The van der Waals surface area contributed by atoms with Gasteiger partial charge in [-0.2, -0.15) is 0 Å². The summed E-state index contributed by atoms with van der Waals surface area (Å²) in [4.78, 5) is 45.2. The van der Waals surface area contributed by atoms with Crippen LogP contribution in [0.4, 0.5) is 0 Å². The van der Waals surface area contributed by atoms with E-state index in [-0.39, 0.29) is 13.2 Å². The fraction of sp³-hybridized carbons (Fsp3) is 0.455. The number of nitrogens with zero attached hydrogens (tertiary/aromatic N) is 1. The first-order chi connectivity index (χ1) is 9.47. The Morgan fingerprint density at radius 1 is 1.40 bits per heavy atom. The van der Waals surface area contributed by atoms with Crippen molar-refractivity contribution in [2.45, 2.75) is 12.6 Å². The minimum Gasteiger partial charge on any atom is -0.481 e. The van der Waals surface area contributed by atoms with E-state index in [1.54, 1.807) is 0 Å². The number of aromatic amines is 1. The summed E-state index contributed by atoms with van der Waals surface area (Å²) < 4.78 is 5.85. The molecule has 0 aliphatic carbocycles. The molecular formula is C11H13N3O6. The van der Waals surface area contributed by atoms with E-state index in [1.165, 1.54) is 0 Å². The van der Waals surface area contributed by atoms with Crippen molar-refractivity contribution < 1.29 is 19.4 Å². The zero-order chi connectivity index (χ0) is 14.7. The lowest BCUT2D eigenvalue weighted by Crippen LogP contribution is -2.45. The van der Waals surface area contributed by atoms with E-state index in [0.717, 1.165) is 16.8 Å². The van der Waals surface area contributed by atoms with Crippen LogP contribution in [0, 0.1) is 5.92 Å². The van der Waals surface area contributed by atoms with Gasteiger partial charge in [0.15, 0.2) is 0 Å². The number of ether oxygens (including phenoxy) is 1. The summed E-state index contributed by atoms with van der Waals surface area (Å²) in [5.74, 6) is -2.45. The molecule has 3 N–H and O–H groups in total. The fourth-order valence-corrected chi connectivity index (χ4v) is 1.92. The highest BCUT2D eigenvalue weighted by atomic mass is 16.5. The third-order valence-electron chi connectivity index (χ3n) is 2.93. The summed E-state index contributed by atoms with van der Waals surface area (Å²) in [6, 6.07) is 1.46. The predicted octanol–water partition coefficient (Wildman–Crippen LogP) is -2.25. The van der Waals surface area contributed by atoms with Gasteiger partial charge in [-0.3, -0.25) is 24.3 Å². The Labute approximate surface area is 112 Å². The number of H-pyrrole nitrogens is 1. The number of rotatable bonds is 4. The molecule has 9 heteroatoms. The van der Waals surface area contributed by atoms with Crippen molar-refractivity contribution in [3.63, 3.8) is 0 Å². The lowest BCUT2D eigenvalue weighted by molar-refractivity contribution is -0.142. The smallest absolute Gasteiger partial charge is 0.311 e. The number of hydrogen-bond acceptors (Lipinski definition) is 5. The van der Waals surface area contributed by atoms with Gasteiger partial charge in [-0.1, -0.05) is 0 Å². The maximum atomic E-state index is 11.8. The van der Waals surface area contributed by atoms with Crippen molar-refractivity contribution in [2.24, 2.45) is 5.92 Å². The van der Waals surface area contributed by atoms with Gasteiger partial charge >= 0.3 is 5.97 Å². The highest BCUT2D eigenvalue weighted by molar-refractivity contribution is 5.78. The van der Waals surface area contributed by atoms with Gasteiger partial charge in [-0.05, 0) is 0 Å². The Morgan fingerprint density at radius 2 is 2.15 bits per heavy atom. The van der Waals surface area contributed by atoms with Gasteiger partial charge in [0.2, 0.25) is 5.91 Å². The molecule has 108 valence electrons. The number of carbonyl (C=O) groups excluding carboxylic acids is 1. The second kappa shape index (κ2) is 5.70. The molecule has 1 fully saturated rings. The molecule has 0 spiro atoms. The lowest BCUT2D eigenvalue weighted by atomic mass is 10.0. The highest BCUT2D eigenvalue weighted by Gasteiger charge is 2.35. The summed E-state index contributed by atoms with van der Waals surface area (Å²) in [6.45, 7) is -0.261. The van der Waals surface area contributed by atoms with E-state index >= 15 is 0 Å². The summed E-state index contributed by atoms with van der Waals surface area (Å²) >= 11 is 0. The standard InChI is InChI=1S/C11H13N3O6/c15-8-1-2-10(17)14(13-8)3-9(16)12-7-5-20-4-6(7)11(18)19/h1-2,6-7H,3-5H2,(H,12,16)(H,13,15)(H,18,19). The van der Waals surface area contributed by atoms with E-state index in [4.69, 9.17) is 9.84 Å². The molecule has 9 nitrogen and oxygen atoms in total. The first-order valence-electron chi connectivity index (χ1n) is 5.87. The molecule has 0 saturated carbocycles. The Bertz CT molecular complexity index is 634. The van der Waals surface area contributed by atoms with Crippen LogP contribution in [-0.2, 0) is 20.9 Å². The van der Waals surface area contributed by atoms with Gasteiger partial charge in [0.1, 0.15) is 12.5 Å². The summed E-state index contributed by atoms with van der Waals surface area (Å²) in [7, 11) is 0. The Kier molecular flexibility index (Phi) is 3.99. The van der Waals surface area contributed by atoms with Crippen LogP contribution in [-0.4, -0.2) is 46.0 Å². The van der Waals surface area contributed by atoms with Crippen LogP contribution in [0.2, 0.25) is 0 Å². The van der Waals surface area contributed by atoms with Crippen LogP contribution >= 0.6 is 0 Å². The maximum Gasteiger partial charge on any atom is 0.311 e. The predicted molar refractivity (Wildman–Crippen MR) is 65.2 cm³/mol. The molecule has 2 heterocycles. The molecule has 1 aliphatic rings. The molecule has 2 atom stereocenters. The second-order valence-corrected chi connectivity index (χ2v) is 4.39. The van der Waals surface area contributed by atoms with Crippen LogP contribution in [0.15, 0.2) is 21.7 Å². The molecular weight excluding hydrogens is 270 g/mol. The number of amides is 1. The van der Waals surface area contributed by atoms with Crippen LogP contribution in [0.5, 0.6) is 0 Å². The largest absolute Gasteiger partial charge is 0.481 e. The van der Waals surface area contributed by atoms with Gasteiger partial charge in [-0.15, -0.1) is 0 Å². The fourth-order valence-electron chi connectivity index (χ4n) is 1.92. The average molecular weight is 283 g/mol. The van der Waals surface area contributed by atoms with Crippen molar-refractivity contribution in [3.8, 4) is 0 Å². The number of carboxylic acids is 1.